The third-order valence-electron chi connectivity index (χ3n) is 3.84. The van der Waals surface area contributed by atoms with Gasteiger partial charge in [-0.05, 0) is 51.1 Å². The van der Waals surface area contributed by atoms with E-state index in [4.69, 9.17) is 0 Å². The van der Waals surface area contributed by atoms with E-state index in [1.807, 2.05) is 26.8 Å². The van der Waals surface area contributed by atoms with E-state index < -0.39 is 0 Å². The van der Waals surface area contributed by atoms with Gasteiger partial charge in [-0.2, -0.15) is 5.10 Å². The van der Waals surface area contributed by atoms with E-state index in [-0.39, 0.29) is 18.1 Å². The van der Waals surface area contributed by atoms with Gasteiger partial charge in [0.15, 0.2) is 5.65 Å². The Bertz CT molecular complexity index is 898. The van der Waals surface area contributed by atoms with Gasteiger partial charge in [0.25, 0.3) is 0 Å². The molecule has 0 atom stereocenters. The van der Waals surface area contributed by atoms with Gasteiger partial charge in [-0.3, -0.25) is 4.79 Å². The van der Waals surface area contributed by atoms with Gasteiger partial charge in [-0.1, -0.05) is 0 Å². The molecule has 24 heavy (non-hydrogen) atoms. The molecule has 0 aliphatic rings. The Morgan fingerprint density at radius 2 is 1.96 bits per heavy atom. The number of fused-ring (bicyclic) bond motifs is 1. The Kier molecular flexibility index (Phi) is 4.20. The van der Waals surface area contributed by atoms with Crippen LogP contribution in [0.4, 0.5) is 0 Å². The maximum atomic E-state index is 12.1. The van der Waals surface area contributed by atoms with Crippen molar-refractivity contribution in [2.24, 2.45) is 0 Å². The average molecular weight is 324 g/mol. The van der Waals surface area contributed by atoms with Crippen LogP contribution in [0.25, 0.3) is 16.9 Å². The van der Waals surface area contributed by atoms with Gasteiger partial charge in [-0.25, -0.2) is 9.50 Å². The third-order valence-corrected chi connectivity index (χ3v) is 3.84. The second-order valence-electron chi connectivity index (χ2n) is 5.78. The summed E-state index contributed by atoms with van der Waals surface area (Å²) in [4.78, 5) is 16.7. The number of hydrogen-bond donors (Lipinski definition) is 2. The topological polar surface area (TPSA) is 79.5 Å². The molecule has 0 saturated carbocycles. The molecule has 0 unspecified atom stereocenters. The summed E-state index contributed by atoms with van der Waals surface area (Å²) in [5.74, 6) is 0.131. The Morgan fingerprint density at radius 3 is 2.62 bits per heavy atom. The molecule has 1 aromatic carbocycles. The third kappa shape index (κ3) is 2.95. The highest BCUT2D eigenvalue weighted by Gasteiger charge is 2.19. The summed E-state index contributed by atoms with van der Waals surface area (Å²) in [6.07, 6.45) is 0.212. The molecule has 0 saturated heterocycles. The van der Waals surface area contributed by atoms with Gasteiger partial charge in [0.05, 0.1) is 12.1 Å². The number of phenols is 1. The van der Waals surface area contributed by atoms with E-state index in [1.165, 1.54) is 0 Å². The zero-order valence-corrected chi connectivity index (χ0v) is 14.0. The van der Waals surface area contributed by atoms with E-state index in [2.05, 4.69) is 15.4 Å². The molecular formula is C18H20N4O2. The lowest BCUT2D eigenvalue weighted by Gasteiger charge is -2.05. The molecule has 0 spiro atoms. The lowest BCUT2D eigenvalue weighted by molar-refractivity contribution is -0.120. The van der Waals surface area contributed by atoms with Gasteiger partial charge < -0.3 is 10.4 Å². The van der Waals surface area contributed by atoms with Crippen LogP contribution in [0.2, 0.25) is 0 Å². The van der Waals surface area contributed by atoms with Crippen LogP contribution in [-0.2, 0) is 11.2 Å². The van der Waals surface area contributed by atoms with Crippen molar-refractivity contribution in [1.29, 1.82) is 0 Å². The molecule has 3 aromatic rings. The van der Waals surface area contributed by atoms with Gasteiger partial charge >= 0.3 is 0 Å². The van der Waals surface area contributed by atoms with Crippen molar-refractivity contribution in [1.82, 2.24) is 19.9 Å². The summed E-state index contributed by atoms with van der Waals surface area (Å²) in [5.41, 5.74) is 4.88. The number of likely N-dealkylation sites (N-methyl/N-ethyl adjacent to an activating group) is 1. The van der Waals surface area contributed by atoms with E-state index in [1.54, 1.807) is 28.8 Å². The second-order valence-corrected chi connectivity index (χ2v) is 5.78. The van der Waals surface area contributed by atoms with Gasteiger partial charge in [0.1, 0.15) is 5.75 Å². The minimum atomic E-state index is -0.0617. The fourth-order valence-electron chi connectivity index (χ4n) is 2.80. The van der Waals surface area contributed by atoms with Gasteiger partial charge in [0.2, 0.25) is 5.91 Å². The van der Waals surface area contributed by atoms with Crippen molar-refractivity contribution in [2.75, 3.05) is 6.54 Å². The van der Waals surface area contributed by atoms with Crippen LogP contribution in [0.3, 0.4) is 0 Å². The normalized spacial score (nSPS) is 11.0. The van der Waals surface area contributed by atoms with Crippen molar-refractivity contribution in [3.63, 3.8) is 0 Å². The van der Waals surface area contributed by atoms with Crippen molar-refractivity contribution in [2.45, 2.75) is 27.2 Å². The number of aromatic hydroxyl groups is 1. The first kappa shape index (κ1) is 16.0. The van der Waals surface area contributed by atoms with Crippen molar-refractivity contribution in [3.05, 3.63) is 47.3 Å². The summed E-state index contributed by atoms with van der Waals surface area (Å²) in [5, 5.41) is 17.0. The molecule has 1 amide bonds. The maximum Gasteiger partial charge on any atom is 0.224 e. The lowest BCUT2D eigenvalue weighted by Crippen LogP contribution is -2.24. The van der Waals surface area contributed by atoms with Crippen LogP contribution in [0, 0.1) is 13.8 Å². The molecule has 6 nitrogen and oxygen atoms in total. The summed E-state index contributed by atoms with van der Waals surface area (Å²) >= 11 is 0. The SMILES string of the molecule is CCNC(=O)Cc1c(-c2ccc(O)cc2)nn2c(C)cc(C)nc12. The second kappa shape index (κ2) is 6.31. The smallest absolute Gasteiger partial charge is 0.224 e. The number of aryl methyl sites for hydroxylation is 2. The lowest BCUT2D eigenvalue weighted by atomic mass is 10.0. The first-order valence-corrected chi connectivity index (χ1v) is 7.91. The molecule has 0 fully saturated rings. The predicted octanol–water partition coefficient (Wildman–Crippen LogP) is 2.40. The van der Waals surface area contributed by atoms with Crippen molar-refractivity contribution in [3.8, 4) is 17.0 Å². The highest BCUT2D eigenvalue weighted by atomic mass is 16.3. The summed E-state index contributed by atoms with van der Waals surface area (Å²) < 4.78 is 1.77. The highest BCUT2D eigenvalue weighted by molar-refractivity contribution is 5.84. The number of carbonyl (C=O) groups is 1. The Morgan fingerprint density at radius 1 is 1.25 bits per heavy atom. The van der Waals surface area contributed by atoms with E-state index in [9.17, 15) is 9.90 Å². The molecule has 124 valence electrons. The highest BCUT2D eigenvalue weighted by Crippen LogP contribution is 2.28. The molecule has 0 aliphatic carbocycles. The minimum Gasteiger partial charge on any atom is -0.508 e. The van der Waals surface area contributed by atoms with Gasteiger partial charge in [-0.15, -0.1) is 0 Å². The van der Waals surface area contributed by atoms with E-state index >= 15 is 0 Å². The molecule has 3 rings (SSSR count). The Labute approximate surface area is 140 Å². The molecule has 0 radical (unpaired) electrons. The average Bonchev–Trinajstić information content (AvgIpc) is 2.87. The molecular weight excluding hydrogens is 304 g/mol. The number of aromatic nitrogens is 3. The van der Waals surface area contributed by atoms with Crippen molar-refractivity contribution >= 4 is 11.6 Å². The number of hydrogen-bond acceptors (Lipinski definition) is 4. The van der Waals surface area contributed by atoms with Crippen LogP contribution in [0.1, 0.15) is 23.9 Å². The first-order valence-electron chi connectivity index (χ1n) is 7.91. The van der Waals surface area contributed by atoms with Gasteiger partial charge in [0, 0.05) is 29.1 Å². The number of amides is 1. The molecule has 6 heteroatoms. The zero-order chi connectivity index (χ0) is 17.3. The minimum absolute atomic E-state index is 0.0617. The summed E-state index contributed by atoms with van der Waals surface area (Å²) in [6, 6.07) is 8.76. The number of carbonyl (C=O) groups excluding carboxylic acids is 1. The van der Waals surface area contributed by atoms with Crippen LogP contribution < -0.4 is 5.32 Å². The predicted molar refractivity (Wildman–Crippen MR) is 91.9 cm³/mol. The molecule has 2 N–H and O–H groups in total. The molecule has 2 heterocycles. The van der Waals surface area contributed by atoms with Crippen LogP contribution in [-0.4, -0.2) is 32.2 Å². The summed E-state index contributed by atoms with van der Waals surface area (Å²) in [7, 11) is 0. The Balaban J connectivity index is 2.21. The maximum absolute atomic E-state index is 12.1. The molecule has 0 bridgehead atoms. The van der Waals surface area contributed by atoms with Crippen molar-refractivity contribution < 1.29 is 9.90 Å². The fraction of sp³-hybridized carbons (Fsp3) is 0.278. The quantitative estimate of drug-likeness (QED) is 0.772. The standard InChI is InChI=1S/C18H20N4O2/c1-4-19-16(24)10-15-17(13-5-7-14(23)8-6-13)21-22-12(3)9-11(2)20-18(15)22/h5-9,23H,4,10H2,1-3H3,(H,19,24). The van der Waals surface area contributed by atoms with Crippen LogP contribution in [0.5, 0.6) is 5.75 Å². The van der Waals surface area contributed by atoms with Crippen LogP contribution >= 0.6 is 0 Å². The Hall–Kier alpha value is -2.89. The number of nitrogens with one attached hydrogen (secondary N) is 1. The number of benzene rings is 1. The van der Waals surface area contributed by atoms with E-state index in [0.717, 1.165) is 22.5 Å². The molecule has 0 aliphatic heterocycles. The van der Waals surface area contributed by atoms with E-state index in [0.29, 0.717) is 17.9 Å². The summed E-state index contributed by atoms with van der Waals surface area (Å²) in [6.45, 7) is 6.36. The number of phenolic OH excluding ortho intramolecular Hbond substituents is 1. The number of rotatable bonds is 4. The number of nitrogens with zero attached hydrogens (tertiary/aromatic N) is 3. The largest absolute Gasteiger partial charge is 0.508 e. The zero-order valence-electron chi connectivity index (χ0n) is 14.0. The molecule has 2 aromatic heterocycles. The monoisotopic (exact) mass is 324 g/mol. The fourth-order valence-corrected chi connectivity index (χ4v) is 2.80. The first-order chi connectivity index (χ1) is 11.5. The van der Waals surface area contributed by atoms with Crippen LogP contribution in [0.15, 0.2) is 30.3 Å².